The molecule has 2 nitrogen and oxygen atoms in total. The molecule has 7 atom stereocenters. The summed E-state index contributed by atoms with van der Waals surface area (Å²) >= 11 is 0. The van der Waals surface area contributed by atoms with Gasteiger partial charge in [0.1, 0.15) is 5.78 Å². The van der Waals surface area contributed by atoms with Crippen LogP contribution in [0.5, 0.6) is 0 Å². The van der Waals surface area contributed by atoms with Gasteiger partial charge in [0.05, 0.1) is 6.10 Å². The quantitative estimate of drug-likeness (QED) is 0.546. The van der Waals surface area contributed by atoms with Crippen molar-refractivity contribution in [3.8, 4) is 12.3 Å². The molecule has 124 valence electrons. The number of hydrogen-bond donors (Lipinski definition) is 1. The zero-order valence-corrected chi connectivity index (χ0v) is 14.3. The number of aliphatic hydroxyl groups is 1. The number of hydrogen-bond acceptors (Lipinski definition) is 2. The minimum Gasteiger partial charge on any atom is -0.393 e. The van der Waals surface area contributed by atoms with E-state index < -0.39 is 0 Å². The summed E-state index contributed by atoms with van der Waals surface area (Å²) in [5, 5.41) is 10.1. The van der Waals surface area contributed by atoms with Crippen molar-refractivity contribution >= 4 is 5.78 Å². The maximum absolute atomic E-state index is 12.5. The van der Waals surface area contributed by atoms with Crippen LogP contribution in [0.1, 0.15) is 58.8 Å². The van der Waals surface area contributed by atoms with Crippen molar-refractivity contribution < 1.29 is 9.90 Å². The van der Waals surface area contributed by atoms with Gasteiger partial charge in [0, 0.05) is 17.8 Å². The van der Waals surface area contributed by atoms with Crippen molar-refractivity contribution in [2.45, 2.75) is 64.9 Å². The average Bonchev–Trinajstić information content (AvgIpc) is 2.83. The number of allylic oxidation sites excluding steroid dienone is 1. The number of fused-ring (bicyclic) bond motifs is 5. The van der Waals surface area contributed by atoms with Crippen molar-refractivity contribution in [3.63, 3.8) is 0 Å². The molecule has 4 rings (SSSR count). The van der Waals surface area contributed by atoms with E-state index in [1.54, 1.807) is 0 Å². The summed E-state index contributed by atoms with van der Waals surface area (Å²) in [5.41, 5.74) is 1.45. The Kier molecular flexibility index (Phi) is 3.34. The Morgan fingerprint density at radius 3 is 2.61 bits per heavy atom. The minimum absolute atomic E-state index is 0.133. The standard InChI is InChI=1S/C21H28O2/c1-4-13-11-14-12-15(22)7-9-20(14,2)17-8-10-21(3)16(19(13)17)5-6-18(21)23/h1,11,13,15-17,19,22H,5-10,12H2,2-3H3/t13?,15?,16-,17+,19-,20-,21-/m0/s1. The fourth-order valence-corrected chi connectivity index (χ4v) is 6.60. The van der Waals surface area contributed by atoms with Crippen molar-refractivity contribution in [1.82, 2.24) is 0 Å². The summed E-state index contributed by atoms with van der Waals surface area (Å²) in [4.78, 5) is 12.5. The van der Waals surface area contributed by atoms with Crippen LogP contribution in [0.25, 0.3) is 0 Å². The highest BCUT2D eigenvalue weighted by Crippen LogP contribution is 2.65. The molecule has 0 spiro atoms. The number of carbonyl (C=O) groups is 1. The third kappa shape index (κ3) is 1.96. The van der Waals surface area contributed by atoms with E-state index in [0.29, 0.717) is 23.5 Å². The van der Waals surface area contributed by atoms with E-state index in [-0.39, 0.29) is 22.9 Å². The summed E-state index contributed by atoms with van der Waals surface area (Å²) in [6, 6.07) is 0. The molecule has 0 aromatic heterocycles. The van der Waals surface area contributed by atoms with Crippen LogP contribution in [0, 0.1) is 46.8 Å². The lowest BCUT2D eigenvalue weighted by Gasteiger charge is -2.58. The molecule has 4 aliphatic rings. The van der Waals surface area contributed by atoms with E-state index >= 15 is 0 Å². The summed E-state index contributed by atoms with van der Waals surface area (Å²) in [7, 11) is 0. The molecular formula is C21H28O2. The van der Waals surface area contributed by atoms with E-state index in [9.17, 15) is 9.90 Å². The predicted octanol–water partition coefficient (Wildman–Crippen LogP) is 3.74. The fraction of sp³-hybridized carbons (Fsp3) is 0.762. The third-order valence-corrected chi connectivity index (χ3v) is 8.03. The average molecular weight is 312 g/mol. The SMILES string of the molecule is C#CC1C=C2CC(O)CC[C@]2(C)[C@@H]2CC[C@]3(C)C(=O)CC[C@H]3[C@H]12. The van der Waals surface area contributed by atoms with Crippen molar-refractivity contribution in [1.29, 1.82) is 0 Å². The van der Waals surface area contributed by atoms with E-state index in [0.717, 1.165) is 44.9 Å². The van der Waals surface area contributed by atoms with E-state index in [4.69, 9.17) is 6.42 Å². The van der Waals surface area contributed by atoms with Crippen molar-refractivity contribution in [2.24, 2.45) is 34.5 Å². The van der Waals surface area contributed by atoms with Gasteiger partial charge in [-0.2, -0.15) is 0 Å². The number of rotatable bonds is 0. The molecular weight excluding hydrogens is 284 g/mol. The molecule has 0 heterocycles. The van der Waals surface area contributed by atoms with Gasteiger partial charge in [0.25, 0.3) is 0 Å². The Hall–Kier alpha value is -1.07. The van der Waals surface area contributed by atoms with Gasteiger partial charge < -0.3 is 5.11 Å². The first kappa shape index (κ1) is 15.5. The lowest BCUT2D eigenvalue weighted by Crippen LogP contribution is -2.53. The van der Waals surface area contributed by atoms with Gasteiger partial charge >= 0.3 is 0 Å². The predicted molar refractivity (Wildman–Crippen MR) is 90.4 cm³/mol. The van der Waals surface area contributed by atoms with Crippen LogP contribution >= 0.6 is 0 Å². The van der Waals surface area contributed by atoms with Crippen LogP contribution in [0.4, 0.5) is 0 Å². The largest absolute Gasteiger partial charge is 0.393 e. The lowest BCUT2D eigenvalue weighted by atomic mass is 9.46. The highest BCUT2D eigenvalue weighted by molar-refractivity contribution is 5.87. The molecule has 23 heavy (non-hydrogen) atoms. The number of aliphatic hydroxyl groups excluding tert-OH is 1. The van der Waals surface area contributed by atoms with Crippen LogP contribution in [0.3, 0.4) is 0 Å². The number of ketones is 1. The van der Waals surface area contributed by atoms with Gasteiger partial charge in [-0.3, -0.25) is 4.79 Å². The molecule has 0 saturated heterocycles. The molecule has 2 heteroatoms. The number of terminal acetylenes is 1. The van der Waals surface area contributed by atoms with E-state index in [1.165, 1.54) is 5.57 Å². The summed E-state index contributed by atoms with van der Waals surface area (Å²) in [6.07, 6.45) is 14.7. The molecule has 0 aliphatic heterocycles. The molecule has 0 amide bonds. The molecule has 0 aromatic rings. The third-order valence-electron chi connectivity index (χ3n) is 8.03. The number of carbonyl (C=O) groups excluding carboxylic acids is 1. The molecule has 3 saturated carbocycles. The second-order valence-electron chi connectivity index (χ2n) is 8.91. The van der Waals surface area contributed by atoms with Gasteiger partial charge in [-0.25, -0.2) is 0 Å². The number of Topliss-reactive ketones (excluding diaryl/α,β-unsaturated/α-hetero) is 1. The zero-order chi connectivity index (χ0) is 16.4. The normalized spacial score (nSPS) is 52.0. The van der Waals surface area contributed by atoms with Gasteiger partial charge in [-0.05, 0) is 61.7 Å². The van der Waals surface area contributed by atoms with Gasteiger partial charge in [-0.15, -0.1) is 6.42 Å². The lowest BCUT2D eigenvalue weighted by molar-refractivity contribution is -0.132. The Balaban J connectivity index is 1.79. The fourth-order valence-electron chi connectivity index (χ4n) is 6.60. The smallest absolute Gasteiger partial charge is 0.139 e. The van der Waals surface area contributed by atoms with Crippen LogP contribution in [-0.2, 0) is 4.79 Å². The Morgan fingerprint density at radius 1 is 1.17 bits per heavy atom. The molecule has 3 fully saturated rings. The maximum atomic E-state index is 12.5. The van der Waals surface area contributed by atoms with Gasteiger partial charge in [-0.1, -0.05) is 31.4 Å². The highest BCUT2D eigenvalue weighted by Gasteiger charge is 2.60. The molecule has 0 radical (unpaired) electrons. The Bertz CT molecular complexity index is 612. The highest BCUT2D eigenvalue weighted by atomic mass is 16.3. The summed E-state index contributed by atoms with van der Waals surface area (Å²) < 4.78 is 0. The van der Waals surface area contributed by atoms with Gasteiger partial charge in [0.2, 0.25) is 0 Å². The second kappa shape index (κ2) is 4.96. The zero-order valence-electron chi connectivity index (χ0n) is 14.3. The van der Waals surface area contributed by atoms with Crippen LogP contribution < -0.4 is 0 Å². The van der Waals surface area contributed by atoms with E-state index in [1.807, 2.05) is 0 Å². The summed E-state index contributed by atoms with van der Waals surface area (Å²) in [6.45, 7) is 4.59. The monoisotopic (exact) mass is 312 g/mol. The molecule has 4 aliphatic carbocycles. The van der Waals surface area contributed by atoms with Crippen LogP contribution in [0.2, 0.25) is 0 Å². The minimum atomic E-state index is -0.203. The summed E-state index contributed by atoms with van der Waals surface area (Å²) in [5.74, 6) is 5.15. The first-order valence-corrected chi connectivity index (χ1v) is 9.29. The van der Waals surface area contributed by atoms with Gasteiger partial charge in [0.15, 0.2) is 0 Å². The molecule has 0 aromatic carbocycles. The van der Waals surface area contributed by atoms with Crippen LogP contribution in [0.15, 0.2) is 11.6 Å². The Labute approximate surface area is 139 Å². The molecule has 0 bridgehead atoms. The topological polar surface area (TPSA) is 37.3 Å². The van der Waals surface area contributed by atoms with Crippen molar-refractivity contribution in [3.05, 3.63) is 11.6 Å². The first-order valence-electron chi connectivity index (χ1n) is 9.29. The first-order chi connectivity index (χ1) is 10.9. The Morgan fingerprint density at radius 2 is 1.87 bits per heavy atom. The van der Waals surface area contributed by atoms with E-state index in [2.05, 4.69) is 25.8 Å². The maximum Gasteiger partial charge on any atom is 0.139 e. The molecule has 1 N–H and O–H groups in total. The van der Waals surface area contributed by atoms with Crippen molar-refractivity contribution in [2.75, 3.05) is 0 Å². The van der Waals surface area contributed by atoms with Crippen LogP contribution in [-0.4, -0.2) is 17.0 Å². The molecule has 2 unspecified atom stereocenters. The second-order valence-corrected chi connectivity index (χ2v) is 8.91.